The summed E-state index contributed by atoms with van der Waals surface area (Å²) in [5, 5.41) is 2.67. The number of hydrogen-bond donors (Lipinski definition) is 1. The molecule has 2 aromatic carbocycles. The van der Waals surface area contributed by atoms with Crippen LogP contribution in [0.15, 0.2) is 42.5 Å². The highest BCUT2D eigenvalue weighted by Gasteiger charge is 2.30. The second kappa shape index (κ2) is 10.9. The van der Waals surface area contributed by atoms with Gasteiger partial charge in [-0.25, -0.2) is 8.42 Å². The summed E-state index contributed by atoms with van der Waals surface area (Å²) >= 11 is 12.3. The van der Waals surface area contributed by atoms with Crippen molar-refractivity contribution < 1.29 is 22.7 Å². The highest BCUT2D eigenvalue weighted by molar-refractivity contribution is 7.92. The van der Waals surface area contributed by atoms with E-state index in [9.17, 15) is 18.0 Å². The standard InChI is InChI=1S/C21H25Cl2N3O5S/c1-14(21(28)24-2)25(12-15-7-5-8-16(11-15)31-3)19(27)13-26(32(4,29)30)18-10-6-9-17(22)20(18)23/h5-11,14H,12-13H2,1-4H3,(H,24,28). The first-order valence-corrected chi connectivity index (χ1v) is 12.2. The highest BCUT2D eigenvalue weighted by Crippen LogP contribution is 2.33. The fourth-order valence-corrected chi connectivity index (χ4v) is 4.34. The molecule has 8 nitrogen and oxygen atoms in total. The van der Waals surface area contributed by atoms with Gasteiger partial charge in [0.1, 0.15) is 18.3 Å². The van der Waals surface area contributed by atoms with Crippen molar-refractivity contribution in [2.75, 3.05) is 31.3 Å². The van der Waals surface area contributed by atoms with Crippen LogP contribution in [0.3, 0.4) is 0 Å². The number of nitrogens with one attached hydrogen (secondary N) is 1. The summed E-state index contributed by atoms with van der Waals surface area (Å²) < 4.78 is 31.1. The molecular formula is C21H25Cl2N3O5S. The summed E-state index contributed by atoms with van der Waals surface area (Å²) in [6.07, 6.45) is 0.964. The van der Waals surface area contributed by atoms with Crippen molar-refractivity contribution in [3.8, 4) is 5.75 Å². The fourth-order valence-electron chi connectivity index (χ4n) is 3.04. The number of methoxy groups -OCH3 is 1. The third kappa shape index (κ3) is 6.27. The van der Waals surface area contributed by atoms with Gasteiger partial charge in [-0.05, 0) is 36.8 Å². The summed E-state index contributed by atoms with van der Waals surface area (Å²) in [6.45, 7) is 1.06. The lowest BCUT2D eigenvalue weighted by Crippen LogP contribution is -2.50. The molecule has 0 fully saturated rings. The molecule has 0 radical (unpaired) electrons. The van der Waals surface area contributed by atoms with Crippen LogP contribution in [0.5, 0.6) is 5.75 Å². The van der Waals surface area contributed by atoms with Gasteiger partial charge < -0.3 is 15.0 Å². The van der Waals surface area contributed by atoms with Gasteiger partial charge in [0.05, 0.1) is 29.1 Å². The van der Waals surface area contributed by atoms with Gasteiger partial charge in [0.2, 0.25) is 21.8 Å². The Hall–Kier alpha value is -2.49. The minimum atomic E-state index is -3.90. The van der Waals surface area contributed by atoms with E-state index in [0.717, 1.165) is 10.6 Å². The summed E-state index contributed by atoms with van der Waals surface area (Å²) in [4.78, 5) is 26.9. The first kappa shape index (κ1) is 25.8. The topological polar surface area (TPSA) is 96.0 Å². The molecular weight excluding hydrogens is 477 g/mol. The van der Waals surface area contributed by atoms with Crippen LogP contribution >= 0.6 is 23.2 Å². The van der Waals surface area contributed by atoms with Gasteiger partial charge in [-0.1, -0.05) is 41.4 Å². The molecule has 1 unspecified atom stereocenters. The third-order valence-electron chi connectivity index (χ3n) is 4.78. The molecule has 2 amide bonds. The van der Waals surface area contributed by atoms with Gasteiger partial charge in [-0.15, -0.1) is 0 Å². The number of hydrogen-bond acceptors (Lipinski definition) is 5. The molecule has 2 rings (SSSR count). The monoisotopic (exact) mass is 501 g/mol. The quantitative estimate of drug-likeness (QED) is 0.569. The largest absolute Gasteiger partial charge is 0.497 e. The second-order valence-corrected chi connectivity index (χ2v) is 9.70. The first-order chi connectivity index (χ1) is 15.0. The zero-order valence-electron chi connectivity index (χ0n) is 18.1. The highest BCUT2D eigenvalue weighted by atomic mass is 35.5. The number of anilines is 1. The number of rotatable bonds is 9. The van der Waals surface area contributed by atoms with E-state index in [1.54, 1.807) is 31.2 Å². The molecule has 1 atom stereocenters. The third-order valence-corrected chi connectivity index (χ3v) is 6.72. The average Bonchev–Trinajstić information content (AvgIpc) is 2.76. The minimum Gasteiger partial charge on any atom is -0.497 e. The van der Waals surface area contributed by atoms with Crippen LogP contribution < -0.4 is 14.4 Å². The Morgan fingerprint density at radius 3 is 2.41 bits per heavy atom. The first-order valence-electron chi connectivity index (χ1n) is 9.55. The molecule has 0 aliphatic carbocycles. The Morgan fingerprint density at radius 2 is 1.81 bits per heavy atom. The number of amides is 2. The van der Waals surface area contributed by atoms with E-state index in [0.29, 0.717) is 11.3 Å². The van der Waals surface area contributed by atoms with Crippen LogP contribution in [-0.2, 0) is 26.2 Å². The predicted molar refractivity (Wildman–Crippen MR) is 126 cm³/mol. The molecule has 32 heavy (non-hydrogen) atoms. The van der Waals surface area contributed by atoms with Gasteiger partial charge >= 0.3 is 0 Å². The van der Waals surface area contributed by atoms with Gasteiger partial charge in [0, 0.05) is 13.6 Å². The van der Waals surface area contributed by atoms with Gasteiger partial charge in [-0.3, -0.25) is 13.9 Å². The van der Waals surface area contributed by atoms with E-state index in [4.69, 9.17) is 27.9 Å². The van der Waals surface area contributed by atoms with Crippen LogP contribution in [0.4, 0.5) is 5.69 Å². The van der Waals surface area contributed by atoms with Crippen molar-refractivity contribution in [3.63, 3.8) is 0 Å². The number of nitrogens with zero attached hydrogens (tertiary/aromatic N) is 2. The summed E-state index contributed by atoms with van der Waals surface area (Å²) in [6, 6.07) is 10.7. The maximum Gasteiger partial charge on any atom is 0.244 e. The summed E-state index contributed by atoms with van der Waals surface area (Å²) in [5.74, 6) is -0.399. The molecule has 0 saturated carbocycles. The molecule has 0 saturated heterocycles. The van der Waals surface area contributed by atoms with Gasteiger partial charge in [0.25, 0.3) is 0 Å². The number of ether oxygens (including phenoxy) is 1. The average molecular weight is 502 g/mol. The van der Waals surface area contributed by atoms with E-state index in [1.165, 1.54) is 37.3 Å². The van der Waals surface area contributed by atoms with Crippen molar-refractivity contribution in [2.45, 2.75) is 19.5 Å². The van der Waals surface area contributed by atoms with Crippen molar-refractivity contribution in [1.82, 2.24) is 10.2 Å². The Morgan fingerprint density at radius 1 is 1.16 bits per heavy atom. The SMILES string of the molecule is CNC(=O)C(C)N(Cc1cccc(OC)c1)C(=O)CN(c1cccc(Cl)c1Cl)S(C)(=O)=O. The van der Waals surface area contributed by atoms with Crippen LogP contribution in [0.2, 0.25) is 10.0 Å². The second-order valence-electron chi connectivity index (χ2n) is 7.01. The van der Waals surface area contributed by atoms with E-state index in [-0.39, 0.29) is 22.3 Å². The number of carbonyl (C=O) groups is 2. The van der Waals surface area contributed by atoms with E-state index in [2.05, 4.69) is 5.32 Å². The molecule has 0 aliphatic heterocycles. The smallest absolute Gasteiger partial charge is 0.244 e. The predicted octanol–water partition coefficient (Wildman–Crippen LogP) is 2.93. The van der Waals surface area contributed by atoms with Crippen molar-refractivity contribution in [2.24, 2.45) is 0 Å². The van der Waals surface area contributed by atoms with E-state index >= 15 is 0 Å². The Kier molecular flexibility index (Phi) is 8.77. The number of benzene rings is 2. The van der Waals surface area contributed by atoms with Crippen LogP contribution in [0.25, 0.3) is 0 Å². The van der Waals surface area contributed by atoms with Crippen LogP contribution in [-0.4, -0.2) is 58.1 Å². The molecule has 1 N–H and O–H groups in total. The molecule has 11 heteroatoms. The molecule has 0 bridgehead atoms. The van der Waals surface area contributed by atoms with Crippen molar-refractivity contribution in [1.29, 1.82) is 0 Å². The lowest BCUT2D eigenvalue weighted by atomic mass is 10.1. The Labute approximate surface area is 198 Å². The summed E-state index contributed by atoms with van der Waals surface area (Å²) in [7, 11) is -0.917. The number of halogens is 2. The van der Waals surface area contributed by atoms with Crippen molar-refractivity contribution in [3.05, 3.63) is 58.1 Å². The zero-order valence-corrected chi connectivity index (χ0v) is 20.5. The maximum atomic E-state index is 13.3. The Bertz CT molecular complexity index is 1090. The molecule has 0 heterocycles. The summed E-state index contributed by atoms with van der Waals surface area (Å²) in [5.41, 5.74) is 0.782. The minimum absolute atomic E-state index is 0.00564. The normalized spacial score (nSPS) is 12.1. The molecule has 174 valence electrons. The number of sulfonamides is 1. The zero-order chi connectivity index (χ0) is 24.1. The van der Waals surface area contributed by atoms with Gasteiger partial charge in [-0.2, -0.15) is 0 Å². The molecule has 0 spiro atoms. The van der Waals surface area contributed by atoms with Crippen molar-refractivity contribution >= 4 is 50.7 Å². The maximum absolute atomic E-state index is 13.3. The van der Waals surface area contributed by atoms with Gasteiger partial charge in [0.15, 0.2) is 0 Å². The fraction of sp³-hybridized carbons (Fsp3) is 0.333. The number of likely N-dealkylation sites (N-methyl/N-ethyl adjacent to an activating group) is 1. The Balaban J connectivity index is 2.44. The van der Waals surface area contributed by atoms with E-state index in [1.807, 2.05) is 0 Å². The molecule has 0 aromatic heterocycles. The molecule has 0 aliphatic rings. The van der Waals surface area contributed by atoms with Crippen LogP contribution in [0, 0.1) is 0 Å². The van der Waals surface area contributed by atoms with Crippen LogP contribution in [0.1, 0.15) is 12.5 Å². The molecule has 2 aromatic rings. The number of carbonyl (C=O) groups excluding carboxylic acids is 2. The lowest BCUT2D eigenvalue weighted by molar-refractivity contribution is -0.139. The lowest BCUT2D eigenvalue weighted by Gasteiger charge is -2.31. The van der Waals surface area contributed by atoms with E-state index < -0.39 is 34.4 Å².